The lowest BCUT2D eigenvalue weighted by atomic mass is 9.93. The van der Waals surface area contributed by atoms with Gasteiger partial charge in [-0.05, 0) is 18.9 Å². The van der Waals surface area contributed by atoms with Gasteiger partial charge in [0.1, 0.15) is 11.6 Å². The second-order valence-electron chi connectivity index (χ2n) is 6.11. The molecule has 0 radical (unpaired) electrons. The minimum atomic E-state index is -1.08. The van der Waals surface area contributed by atoms with Crippen LogP contribution in [0.25, 0.3) is 11.0 Å². The van der Waals surface area contributed by atoms with Crippen molar-refractivity contribution >= 4 is 22.8 Å². The van der Waals surface area contributed by atoms with Crippen molar-refractivity contribution in [1.29, 1.82) is 0 Å². The van der Waals surface area contributed by atoms with E-state index >= 15 is 0 Å². The molecule has 3 rings (SSSR count). The lowest BCUT2D eigenvalue weighted by Crippen LogP contribution is -2.48. The van der Waals surface area contributed by atoms with Crippen molar-refractivity contribution in [2.75, 3.05) is 20.3 Å². The van der Waals surface area contributed by atoms with E-state index in [1.807, 2.05) is 18.2 Å². The van der Waals surface area contributed by atoms with Crippen molar-refractivity contribution in [1.82, 2.24) is 5.32 Å². The zero-order valence-electron chi connectivity index (χ0n) is 14.0. The number of carboxylic acids is 1. The summed E-state index contributed by atoms with van der Waals surface area (Å²) in [7, 11) is 1.53. The summed E-state index contributed by atoms with van der Waals surface area (Å²) in [6.07, 6.45) is 1.48. The average molecular weight is 347 g/mol. The molecule has 2 heterocycles. The highest BCUT2D eigenvalue weighted by atomic mass is 16.5. The van der Waals surface area contributed by atoms with Gasteiger partial charge in [0.25, 0.3) is 5.91 Å². The summed E-state index contributed by atoms with van der Waals surface area (Å²) in [4.78, 5) is 24.3. The third-order valence-electron chi connectivity index (χ3n) is 4.41. The standard InChI is InChI=1S/C18H21NO6/c1-23-10-13-12-6-2-3-7-14(12)25-16(13)17(20)19-15(18(21)22)11-5-4-8-24-9-11/h2-3,6-7,11,15H,4-5,8-10H2,1H3,(H,19,20)(H,21,22). The van der Waals surface area contributed by atoms with Crippen molar-refractivity contribution in [3.8, 4) is 0 Å². The van der Waals surface area contributed by atoms with Crippen LogP contribution in [0.15, 0.2) is 28.7 Å². The Morgan fingerprint density at radius 2 is 2.20 bits per heavy atom. The van der Waals surface area contributed by atoms with E-state index in [9.17, 15) is 14.7 Å². The molecule has 2 N–H and O–H groups in total. The number of rotatable bonds is 6. The predicted molar refractivity (Wildman–Crippen MR) is 89.4 cm³/mol. The monoisotopic (exact) mass is 347 g/mol. The Balaban J connectivity index is 1.87. The Labute approximate surface area is 144 Å². The molecule has 1 aromatic carbocycles. The maximum Gasteiger partial charge on any atom is 0.326 e. The summed E-state index contributed by atoms with van der Waals surface area (Å²) in [5.74, 6) is -1.80. The third kappa shape index (κ3) is 3.67. The molecule has 1 amide bonds. The van der Waals surface area contributed by atoms with Gasteiger partial charge >= 0.3 is 5.97 Å². The molecule has 25 heavy (non-hydrogen) atoms. The van der Waals surface area contributed by atoms with Crippen LogP contribution in [0, 0.1) is 5.92 Å². The summed E-state index contributed by atoms with van der Waals surface area (Å²) in [6.45, 7) is 1.14. The van der Waals surface area contributed by atoms with E-state index in [0.717, 1.165) is 11.8 Å². The number of aliphatic carboxylic acids is 1. The molecular formula is C18H21NO6. The molecule has 134 valence electrons. The zero-order chi connectivity index (χ0) is 17.8. The Morgan fingerprint density at radius 3 is 2.88 bits per heavy atom. The van der Waals surface area contributed by atoms with E-state index < -0.39 is 17.9 Å². The van der Waals surface area contributed by atoms with Crippen LogP contribution in [-0.4, -0.2) is 43.3 Å². The molecular weight excluding hydrogens is 326 g/mol. The number of amides is 1. The van der Waals surface area contributed by atoms with Crippen LogP contribution in [-0.2, 0) is 20.9 Å². The first-order chi connectivity index (χ1) is 12.1. The molecule has 0 bridgehead atoms. The molecule has 2 aromatic rings. The molecule has 1 saturated heterocycles. The number of methoxy groups -OCH3 is 1. The van der Waals surface area contributed by atoms with Crippen molar-refractivity contribution in [2.24, 2.45) is 5.92 Å². The predicted octanol–water partition coefficient (Wildman–Crippen LogP) is 2.19. The van der Waals surface area contributed by atoms with Crippen LogP contribution in [0.5, 0.6) is 0 Å². The SMILES string of the molecule is COCc1c(C(=O)NC(C(=O)O)C2CCCOC2)oc2ccccc12. The van der Waals surface area contributed by atoms with Crippen molar-refractivity contribution in [3.63, 3.8) is 0 Å². The quantitative estimate of drug-likeness (QED) is 0.831. The number of carbonyl (C=O) groups excluding carboxylic acids is 1. The third-order valence-corrected chi connectivity index (χ3v) is 4.41. The van der Waals surface area contributed by atoms with Gasteiger partial charge in [-0.1, -0.05) is 18.2 Å². The van der Waals surface area contributed by atoms with Crippen LogP contribution >= 0.6 is 0 Å². The fourth-order valence-electron chi connectivity index (χ4n) is 3.19. The van der Waals surface area contributed by atoms with Gasteiger partial charge in [0.2, 0.25) is 0 Å². The molecule has 1 aliphatic heterocycles. The molecule has 7 nitrogen and oxygen atoms in total. The summed E-state index contributed by atoms with van der Waals surface area (Å²) < 4.78 is 16.2. The smallest absolute Gasteiger partial charge is 0.326 e. The first kappa shape index (κ1) is 17.4. The molecule has 1 aliphatic rings. The minimum Gasteiger partial charge on any atom is -0.480 e. The van der Waals surface area contributed by atoms with E-state index in [0.29, 0.717) is 30.8 Å². The Bertz CT molecular complexity index is 762. The highest BCUT2D eigenvalue weighted by Gasteiger charge is 2.33. The number of hydrogen-bond donors (Lipinski definition) is 2. The molecule has 7 heteroatoms. The Kier molecular flexibility index (Phi) is 5.35. The normalized spacial score (nSPS) is 18.8. The van der Waals surface area contributed by atoms with Crippen molar-refractivity contribution in [3.05, 3.63) is 35.6 Å². The number of carboxylic acid groups (broad SMARTS) is 1. The topological polar surface area (TPSA) is 98.0 Å². The number of hydrogen-bond acceptors (Lipinski definition) is 5. The van der Waals surface area contributed by atoms with Gasteiger partial charge in [0, 0.05) is 30.6 Å². The average Bonchev–Trinajstić information content (AvgIpc) is 2.99. The maximum absolute atomic E-state index is 12.7. The number of nitrogens with one attached hydrogen (secondary N) is 1. The second kappa shape index (κ2) is 7.67. The lowest BCUT2D eigenvalue weighted by Gasteiger charge is -2.27. The summed E-state index contributed by atoms with van der Waals surface area (Å²) >= 11 is 0. The molecule has 2 unspecified atom stereocenters. The summed E-state index contributed by atoms with van der Waals surface area (Å²) in [5, 5.41) is 12.9. The molecule has 2 atom stereocenters. The lowest BCUT2D eigenvalue weighted by molar-refractivity contribution is -0.142. The molecule has 0 saturated carbocycles. The van der Waals surface area contributed by atoms with Crippen molar-refractivity contribution < 1.29 is 28.6 Å². The Hall–Kier alpha value is -2.38. The molecule has 1 aromatic heterocycles. The summed E-state index contributed by atoms with van der Waals surface area (Å²) in [6, 6.07) is 6.24. The highest BCUT2D eigenvalue weighted by Crippen LogP contribution is 2.27. The maximum atomic E-state index is 12.7. The minimum absolute atomic E-state index is 0.0889. The second-order valence-corrected chi connectivity index (χ2v) is 6.11. The fraction of sp³-hybridized carbons (Fsp3) is 0.444. The number of carbonyl (C=O) groups is 2. The van der Waals surface area contributed by atoms with E-state index in [-0.39, 0.29) is 18.3 Å². The van der Waals surface area contributed by atoms with Gasteiger partial charge in [-0.25, -0.2) is 4.79 Å². The molecule has 1 fully saturated rings. The van der Waals surface area contributed by atoms with Gasteiger partial charge in [0.15, 0.2) is 5.76 Å². The molecule has 0 aliphatic carbocycles. The van der Waals surface area contributed by atoms with Gasteiger partial charge in [-0.3, -0.25) is 4.79 Å². The zero-order valence-corrected chi connectivity index (χ0v) is 14.0. The van der Waals surface area contributed by atoms with E-state index in [1.54, 1.807) is 6.07 Å². The van der Waals surface area contributed by atoms with E-state index in [1.165, 1.54) is 7.11 Å². The van der Waals surface area contributed by atoms with Crippen LogP contribution in [0.3, 0.4) is 0 Å². The molecule has 0 spiro atoms. The van der Waals surface area contributed by atoms with Crippen LogP contribution in [0.2, 0.25) is 0 Å². The number of benzene rings is 1. The number of furan rings is 1. The van der Waals surface area contributed by atoms with Crippen LogP contribution in [0.4, 0.5) is 0 Å². The van der Waals surface area contributed by atoms with Gasteiger partial charge in [0.05, 0.1) is 13.2 Å². The van der Waals surface area contributed by atoms with E-state index in [4.69, 9.17) is 13.9 Å². The van der Waals surface area contributed by atoms with Gasteiger partial charge in [-0.2, -0.15) is 0 Å². The number of para-hydroxylation sites is 1. The van der Waals surface area contributed by atoms with Crippen molar-refractivity contribution in [2.45, 2.75) is 25.5 Å². The Morgan fingerprint density at radius 1 is 1.40 bits per heavy atom. The van der Waals surface area contributed by atoms with Gasteiger partial charge < -0.3 is 24.3 Å². The van der Waals surface area contributed by atoms with Gasteiger partial charge in [-0.15, -0.1) is 0 Å². The largest absolute Gasteiger partial charge is 0.480 e. The highest BCUT2D eigenvalue weighted by molar-refractivity contribution is 6.00. The van der Waals surface area contributed by atoms with Crippen LogP contribution in [0.1, 0.15) is 29.0 Å². The van der Waals surface area contributed by atoms with Crippen LogP contribution < -0.4 is 5.32 Å². The van der Waals surface area contributed by atoms with E-state index in [2.05, 4.69) is 5.32 Å². The number of ether oxygens (including phenoxy) is 2. The summed E-state index contributed by atoms with van der Waals surface area (Å²) in [5.41, 5.74) is 1.17. The first-order valence-electron chi connectivity index (χ1n) is 8.22. The number of fused-ring (bicyclic) bond motifs is 1. The first-order valence-corrected chi connectivity index (χ1v) is 8.22. The fourth-order valence-corrected chi connectivity index (χ4v) is 3.19.